The van der Waals surface area contributed by atoms with Gasteiger partial charge in [0.15, 0.2) is 0 Å². The maximum Gasteiger partial charge on any atom is 0.246 e. The summed E-state index contributed by atoms with van der Waals surface area (Å²) in [5, 5.41) is 6.75. The van der Waals surface area contributed by atoms with Gasteiger partial charge in [-0.05, 0) is 44.9 Å². The van der Waals surface area contributed by atoms with Crippen molar-refractivity contribution in [3.05, 3.63) is 11.4 Å². The molecule has 7 nitrogen and oxygen atoms in total. The summed E-state index contributed by atoms with van der Waals surface area (Å²) in [6.45, 7) is 10.3. The number of H-pyrrole nitrogens is 1. The minimum atomic E-state index is -3.56. The van der Waals surface area contributed by atoms with Crippen LogP contribution in [0.3, 0.4) is 0 Å². The number of amides is 1. The minimum Gasteiger partial charge on any atom is -0.342 e. The molecule has 3 rings (SSSR count). The van der Waals surface area contributed by atoms with Gasteiger partial charge >= 0.3 is 0 Å². The fourth-order valence-corrected chi connectivity index (χ4v) is 6.30. The van der Waals surface area contributed by atoms with E-state index >= 15 is 0 Å². The van der Waals surface area contributed by atoms with Crippen molar-refractivity contribution in [2.75, 3.05) is 26.2 Å². The maximum absolute atomic E-state index is 12.9. The topological polar surface area (TPSA) is 86.4 Å². The van der Waals surface area contributed by atoms with Crippen LogP contribution < -0.4 is 0 Å². The van der Waals surface area contributed by atoms with Crippen LogP contribution in [-0.4, -0.2) is 59.9 Å². The van der Waals surface area contributed by atoms with Gasteiger partial charge in [-0.3, -0.25) is 9.89 Å². The van der Waals surface area contributed by atoms with Crippen LogP contribution in [0.2, 0.25) is 0 Å². The minimum absolute atomic E-state index is 0.0644. The van der Waals surface area contributed by atoms with Gasteiger partial charge in [0.2, 0.25) is 15.9 Å². The molecule has 3 heterocycles. The summed E-state index contributed by atoms with van der Waals surface area (Å²) in [6.07, 6.45) is 2.35. The first-order chi connectivity index (χ1) is 12.2. The van der Waals surface area contributed by atoms with E-state index in [1.165, 1.54) is 10.7 Å². The lowest BCUT2D eigenvalue weighted by Crippen LogP contribution is -2.48. The molecule has 2 atom stereocenters. The molecule has 0 saturated carbocycles. The third-order valence-corrected chi connectivity index (χ3v) is 7.80. The maximum atomic E-state index is 12.9. The largest absolute Gasteiger partial charge is 0.342 e. The summed E-state index contributed by atoms with van der Waals surface area (Å²) in [5.41, 5.74) is 1.06. The lowest BCUT2D eigenvalue weighted by Gasteiger charge is -2.39. The van der Waals surface area contributed by atoms with Crippen LogP contribution in [0.4, 0.5) is 0 Å². The molecule has 2 fully saturated rings. The van der Waals surface area contributed by atoms with Crippen molar-refractivity contribution < 1.29 is 13.2 Å². The number of hydrogen-bond acceptors (Lipinski definition) is 4. The predicted molar refractivity (Wildman–Crippen MR) is 99.1 cm³/mol. The first-order valence-corrected chi connectivity index (χ1v) is 10.9. The Hall–Kier alpha value is -1.41. The molecule has 2 aliphatic heterocycles. The van der Waals surface area contributed by atoms with E-state index in [0.717, 1.165) is 13.1 Å². The first-order valence-electron chi connectivity index (χ1n) is 9.50. The van der Waals surface area contributed by atoms with Gasteiger partial charge in [-0.1, -0.05) is 13.8 Å². The number of aryl methyl sites for hydroxylation is 2. The molecule has 146 valence electrons. The number of likely N-dealkylation sites (tertiary alicyclic amines) is 1. The molecule has 1 amide bonds. The number of carbonyl (C=O) groups excluding carboxylic acids is 1. The second-order valence-electron chi connectivity index (χ2n) is 8.13. The molecule has 8 heteroatoms. The van der Waals surface area contributed by atoms with Crippen LogP contribution in [0.1, 0.15) is 44.5 Å². The lowest BCUT2D eigenvalue weighted by atomic mass is 9.89. The van der Waals surface area contributed by atoms with Gasteiger partial charge in [-0.15, -0.1) is 0 Å². The Bertz CT molecular complexity index is 736. The van der Waals surface area contributed by atoms with Crippen molar-refractivity contribution >= 4 is 15.9 Å². The summed E-state index contributed by atoms with van der Waals surface area (Å²) in [7, 11) is -3.56. The number of sulfonamides is 1. The van der Waals surface area contributed by atoms with Crippen LogP contribution in [0.15, 0.2) is 4.90 Å². The van der Waals surface area contributed by atoms with Crippen LogP contribution in [0.25, 0.3) is 0 Å². The van der Waals surface area contributed by atoms with Crippen molar-refractivity contribution in [1.29, 1.82) is 0 Å². The standard InChI is InChI=1S/C18H30N4O3S/c1-12-9-13(2)11-21(10-12)18(23)16-5-7-22(8-6-16)26(24,25)17-14(3)19-20-15(17)4/h12-13,16H,5-11H2,1-4H3,(H,19,20). The average Bonchev–Trinajstić information content (AvgIpc) is 2.92. The zero-order valence-electron chi connectivity index (χ0n) is 16.2. The summed E-state index contributed by atoms with van der Waals surface area (Å²) >= 11 is 0. The molecule has 0 radical (unpaired) electrons. The number of nitrogens with zero attached hydrogens (tertiary/aromatic N) is 3. The van der Waals surface area contributed by atoms with Crippen LogP contribution >= 0.6 is 0 Å². The highest BCUT2D eigenvalue weighted by Crippen LogP contribution is 2.29. The second kappa shape index (κ2) is 7.31. The molecule has 2 aliphatic rings. The van der Waals surface area contributed by atoms with E-state index in [9.17, 15) is 13.2 Å². The van der Waals surface area contributed by atoms with Gasteiger partial charge in [0.1, 0.15) is 4.90 Å². The monoisotopic (exact) mass is 382 g/mol. The molecule has 1 aromatic heterocycles. The zero-order valence-corrected chi connectivity index (χ0v) is 17.0. The predicted octanol–water partition coefficient (Wildman–Crippen LogP) is 1.93. The summed E-state index contributed by atoms with van der Waals surface area (Å²) in [5.74, 6) is 1.21. The van der Waals surface area contributed by atoms with Gasteiger partial charge in [0.05, 0.1) is 11.4 Å². The fraction of sp³-hybridized carbons (Fsp3) is 0.778. The van der Waals surface area contributed by atoms with Crippen LogP contribution in [0, 0.1) is 31.6 Å². The number of carbonyl (C=O) groups is 1. The van der Waals surface area contributed by atoms with E-state index in [1.807, 2.05) is 4.90 Å². The van der Waals surface area contributed by atoms with E-state index in [4.69, 9.17) is 0 Å². The Morgan fingerprint density at radius 2 is 1.69 bits per heavy atom. The number of piperidine rings is 2. The Labute approximate surface area is 156 Å². The molecule has 2 saturated heterocycles. The van der Waals surface area contributed by atoms with Gasteiger partial charge in [-0.2, -0.15) is 9.40 Å². The molecule has 2 unspecified atom stereocenters. The van der Waals surface area contributed by atoms with Gasteiger partial charge in [-0.25, -0.2) is 8.42 Å². The number of aromatic nitrogens is 2. The van der Waals surface area contributed by atoms with Crippen molar-refractivity contribution in [1.82, 2.24) is 19.4 Å². The van der Waals surface area contributed by atoms with Gasteiger partial charge in [0.25, 0.3) is 0 Å². The number of aromatic amines is 1. The smallest absolute Gasteiger partial charge is 0.246 e. The highest BCUT2D eigenvalue weighted by atomic mass is 32.2. The zero-order chi connectivity index (χ0) is 19.1. The van der Waals surface area contributed by atoms with Gasteiger partial charge < -0.3 is 4.90 Å². The van der Waals surface area contributed by atoms with Crippen molar-refractivity contribution in [3.63, 3.8) is 0 Å². The average molecular weight is 383 g/mol. The summed E-state index contributed by atoms with van der Waals surface area (Å²) < 4.78 is 27.4. The molecule has 0 aromatic carbocycles. The summed E-state index contributed by atoms with van der Waals surface area (Å²) in [6, 6.07) is 0. The Kier molecular flexibility index (Phi) is 5.44. The normalized spacial score (nSPS) is 26.2. The molecule has 0 spiro atoms. The van der Waals surface area contributed by atoms with Crippen molar-refractivity contribution in [2.45, 2.75) is 51.9 Å². The quantitative estimate of drug-likeness (QED) is 0.865. The second-order valence-corrected chi connectivity index (χ2v) is 10.0. The molecule has 0 aliphatic carbocycles. The number of rotatable bonds is 3. The molecule has 0 bridgehead atoms. The highest BCUT2D eigenvalue weighted by Gasteiger charge is 2.37. The van der Waals surface area contributed by atoms with Crippen molar-refractivity contribution in [3.8, 4) is 0 Å². The Balaban J connectivity index is 1.65. The van der Waals surface area contributed by atoms with E-state index in [-0.39, 0.29) is 16.7 Å². The third kappa shape index (κ3) is 3.67. The summed E-state index contributed by atoms with van der Waals surface area (Å²) in [4.78, 5) is 15.2. The third-order valence-electron chi connectivity index (χ3n) is 5.64. The Morgan fingerprint density at radius 3 is 2.19 bits per heavy atom. The molecule has 26 heavy (non-hydrogen) atoms. The van der Waals surface area contributed by atoms with E-state index in [2.05, 4.69) is 24.0 Å². The van der Waals surface area contributed by atoms with E-state index in [1.54, 1.807) is 13.8 Å². The van der Waals surface area contributed by atoms with E-state index in [0.29, 0.717) is 49.2 Å². The first kappa shape index (κ1) is 19.4. The molecule has 1 aromatic rings. The number of hydrogen-bond donors (Lipinski definition) is 1. The van der Waals surface area contributed by atoms with Crippen LogP contribution in [0.5, 0.6) is 0 Å². The number of nitrogens with one attached hydrogen (secondary N) is 1. The molecular weight excluding hydrogens is 352 g/mol. The fourth-order valence-electron chi connectivity index (χ4n) is 4.49. The SMILES string of the molecule is Cc1n[nH]c(C)c1S(=O)(=O)N1CCC(C(=O)N2CC(C)CC(C)C2)CC1. The lowest BCUT2D eigenvalue weighted by molar-refractivity contribution is -0.139. The van der Waals surface area contributed by atoms with Gasteiger partial charge in [0, 0.05) is 32.1 Å². The molecular formula is C18H30N4O3S. The van der Waals surface area contributed by atoms with E-state index < -0.39 is 10.0 Å². The highest BCUT2D eigenvalue weighted by molar-refractivity contribution is 7.89. The van der Waals surface area contributed by atoms with Crippen molar-refractivity contribution in [2.24, 2.45) is 17.8 Å². The Morgan fingerprint density at radius 1 is 1.12 bits per heavy atom. The molecule has 1 N–H and O–H groups in total. The van der Waals surface area contributed by atoms with Crippen LogP contribution in [-0.2, 0) is 14.8 Å².